The molecule has 0 unspecified atom stereocenters. The molecule has 3 rings (SSSR count). The molecule has 2 saturated carbocycles. The van der Waals surface area contributed by atoms with Crippen LogP contribution in [0.15, 0.2) is 12.0 Å². The van der Waals surface area contributed by atoms with Gasteiger partial charge in [0.25, 0.3) is 0 Å². The van der Waals surface area contributed by atoms with Crippen molar-refractivity contribution in [3.05, 3.63) is 12.0 Å². The Bertz CT molecular complexity index is 429. The van der Waals surface area contributed by atoms with Gasteiger partial charge >= 0.3 is 6.09 Å². The maximum Gasteiger partial charge on any atom is 0.416 e. The summed E-state index contributed by atoms with van der Waals surface area (Å²) in [5.74, 6) is 0.664. The number of aliphatic hydroxyl groups is 1. The van der Waals surface area contributed by atoms with Crippen LogP contribution in [0, 0.1) is 16.7 Å². The molecule has 3 atom stereocenters. The van der Waals surface area contributed by atoms with Crippen molar-refractivity contribution in [2.45, 2.75) is 46.1 Å². The molecule has 0 aromatic rings. The second kappa shape index (κ2) is 3.43. The van der Waals surface area contributed by atoms with E-state index in [9.17, 15) is 9.90 Å². The zero-order valence-electron chi connectivity index (χ0n) is 11.3. The average Bonchev–Trinajstić information content (AvgIpc) is 2.71. The van der Waals surface area contributed by atoms with Gasteiger partial charge in [0, 0.05) is 5.41 Å². The molecule has 1 amide bonds. The Kier molecular flexibility index (Phi) is 2.26. The number of rotatable bonds is 1. The van der Waals surface area contributed by atoms with Gasteiger partial charge in [-0.3, -0.25) is 0 Å². The maximum absolute atomic E-state index is 11.9. The van der Waals surface area contributed by atoms with Gasteiger partial charge in [0.2, 0.25) is 0 Å². The zero-order valence-corrected chi connectivity index (χ0v) is 11.3. The molecule has 1 spiro atoms. The predicted molar refractivity (Wildman–Crippen MR) is 66.9 cm³/mol. The van der Waals surface area contributed by atoms with Crippen molar-refractivity contribution in [3.63, 3.8) is 0 Å². The number of carbonyl (C=O) groups is 1. The molecular formula is C14H21NO3. The van der Waals surface area contributed by atoms with Crippen LogP contribution in [-0.2, 0) is 4.74 Å². The summed E-state index contributed by atoms with van der Waals surface area (Å²) in [6.45, 7) is 6.82. The third kappa shape index (κ3) is 1.14. The highest BCUT2D eigenvalue weighted by atomic mass is 16.6. The van der Waals surface area contributed by atoms with Crippen LogP contribution in [0.25, 0.3) is 0 Å². The highest BCUT2D eigenvalue weighted by Gasteiger charge is 2.68. The standard InChI is InChI=1S/C14H21NO3/c1-4-11(16)15-10-7-9-5-6-14(10,13(9,2)3)8-18-12(15)17/h4,9-10,16H,5-8H2,1-3H3/b11-4-/t9-,10-,14-/m1/s1. The molecule has 1 saturated heterocycles. The van der Waals surface area contributed by atoms with Crippen LogP contribution in [0.4, 0.5) is 4.79 Å². The first-order chi connectivity index (χ1) is 8.44. The van der Waals surface area contributed by atoms with Crippen molar-refractivity contribution in [2.75, 3.05) is 6.61 Å². The van der Waals surface area contributed by atoms with Crippen molar-refractivity contribution in [1.82, 2.24) is 4.90 Å². The van der Waals surface area contributed by atoms with Crippen molar-refractivity contribution >= 4 is 6.09 Å². The average molecular weight is 251 g/mol. The van der Waals surface area contributed by atoms with E-state index in [-0.39, 0.29) is 22.8 Å². The van der Waals surface area contributed by atoms with Gasteiger partial charge in [-0.15, -0.1) is 0 Å². The summed E-state index contributed by atoms with van der Waals surface area (Å²) in [7, 11) is 0. The van der Waals surface area contributed by atoms with Crippen LogP contribution < -0.4 is 0 Å². The van der Waals surface area contributed by atoms with Crippen LogP contribution in [0.2, 0.25) is 0 Å². The molecule has 0 aromatic heterocycles. The van der Waals surface area contributed by atoms with E-state index in [1.165, 1.54) is 11.3 Å². The summed E-state index contributed by atoms with van der Waals surface area (Å²) in [5, 5.41) is 9.98. The number of aliphatic hydroxyl groups excluding tert-OH is 1. The van der Waals surface area contributed by atoms with Gasteiger partial charge in [-0.2, -0.15) is 0 Å². The van der Waals surface area contributed by atoms with Gasteiger partial charge in [0.15, 0.2) is 5.88 Å². The summed E-state index contributed by atoms with van der Waals surface area (Å²) >= 11 is 0. The Labute approximate surface area is 108 Å². The lowest BCUT2D eigenvalue weighted by molar-refractivity contribution is -0.0720. The SMILES string of the molecule is C/C=C(\O)N1C(=O)OC[C@]23CC[C@H](C[C@@H]12)C3(C)C. The Morgan fingerprint density at radius 3 is 2.89 bits per heavy atom. The zero-order chi connectivity index (χ0) is 13.1. The van der Waals surface area contributed by atoms with Crippen molar-refractivity contribution in [3.8, 4) is 0 Å². The lowest BCUT2D eigenvalue weighted by Gasteiger charge is -2.48. The number of amides is 1. The first-order valence-electron chi connectivity index (χ1n) is 6.75. The van der Waals surface area contributed by atoms with Crippen LogP contribution in [-0.4, -0.2) is 28.7 Å². The predicted octanol–water partition coefficient (Wildman–Crippen LogP) is 3.05. The molecule has 100 valence electrons. The summed E-state index contributed by atoms with van der Waals surface area (Å²) in [6.07, 6.45) is 4.46. The normalized spacial score (nSPS) is 41.8. The number of carbonyl (C=O) groups excluding carboxylic acids is 1. The number of hydrogen-bond acceptors (Lipinski definition) is 3. The van der Waals surface area contributed by atoms with E-state index in [4.69, 9.17) is 4.74 Å². The van der Waals surface area contributed by atoms with E-state index in [0.717, 1.165) is 12.8 Å². The topological polar surface area (TPSA) is 49.8 Å². The van der Waals surface area contributed by atoms with Crippen LogP contribution in [0.1, 0.15) is 40.0 Å². The number of fused-ring (bicyclic) bond motifs is 1. The van der Waals surface area contributed by atoms with E-state index >= 15 is 0 Å². The summed E-state index contributed by atoms with van der Waals surface area (Å²) in [6, 6.07) is 0.101. The largest absolute Gasteiger partial charge is 0.495 e. The minimum Gasteiger partial charge on any atom is -0.495 e. The smallest absolute Gasteiger partial charge is 0.416 e. The minimum atomic E-state index is -0.399. The molecule has 1 aliphatic heterocycles. The third-order valence-corrected chi connectivity index (χ3v) is 5.86. The molecule has 2 aliphatic carbocycles. The van der Waals surface area contributed by atoms with Crippen LogP contribution >= 0.6 is 0 Å². The van der Waals surface area contributed by atoms with Crippen LogP contribution in [0.3, 0.4) is 0 Å². The minimum absolute atomic E-state index is 0.0164. The van der Waals surface area contributed by atoms with Gasteiger partial charge < -0.3 is 9.84 Å². The first-order valence-corrected chi connectivity index (χ1v) is 6.75. The Morgan fingerprint density at radius 1 is 1.56 bits per heavy atom. The molecule has 3 aliphatic rings. The Balaban J connectivity index is 2.04. The van der Waals surface area contributed by atoms with E-state index in [0.29, 0.717) is 12.5 Å². The van der Waals surface area contributed by atoms with E-state index < -0.39 is 6.09 Å². The van der Waals surface area contributed by atoms with Gasteiger partial charge in [0.05, 0.1) is 6.04 Å². The summed E-state index contributed by atoms with van der Waals surface area (Å²) < 4.78 is 5.37. The van der Waals surface area contributed by atoms with Crippen molar-refractivity contribution < 1.29 is 14.6 Å². The first kappa shape index (κ1) is 11.9. The van der Waals surface area contributed by atoms with Crippen molar-refractivity contribution in [1.29, 1.82) is 0 Å². The molecule has 18 heavy (non-hydrogen) atoms. The summed E-state index contributed by atoms with van der Waals surface area (Å²) in [4.78, 5) is 13.4. The number of allylic oxidation sites excluding steroid dienone is 1. The molecule has 1 heterocycles. The highest BCUT2D eigenvalue weighted by Crippen LogP contribution is 2.68. The summed E-state index contributed by atoms with van der Waals surface area (Å²) in [5.41, 5.74) is 0.202. The van der Waals surface area contributed by atoms with E-state index in [1.807, 2.05) is 0 Å². The molecule has 0 aromatic carbocycles. The maximum atomic E-state index is 11.9. The molecule has 0 radical (unpaired) electrons. The molecule has 1 N–H and O–H groups in total. The lowest BCUT2D eigenvalue weighted by atomic mass is 9.67. The monoisotopic (exact) mass is 251 g/mol. The fraction of sp³-hybridized carbons (Fsp3) is 0.786. The third-order valence-electron chi connectivity index (χ3n) is 5.86. The second-order valence-corrected chi connectivity index (χ2v) is 6.44. The second-order valence-electron chi connectivity index (χ2n) is 6.44. The highest BCUT2D eigenvalue weighted by molar-refractivity contribution is 5.71. The molecule has 3 fully saturated rings. The number of nitrogens with zero attached hydrogens (tertiary/aromatic N) is 1. The van der Waals surface area contributed by atoms with Gasteiger partial charge in [-0.25, -0.2) is 9.69 Å². The quantitative estimate of drug-likeness (QED) is 0.729. The fourth-order valence-electron chi connectivity index (χ4n) is 4.51. The number of cyclic esters (lactones) is 1. The molecule has 4 heteroatoms. The Hall–Kier alpha value is -1.19. The lowest BCUT2D eigenvalue weighted by Crippen LogP contribution is -2.57. The van der Waals surface area contributed by atoms with Gasteiger partial charge in [-0.1, -0.05) is 13.8 Å². The number of ether oxygens (including phenoxy) is 1. The molecular weight excluding hydrogens is 230 g/mol. The molecule has 4 nitrogen and oxygen atoms in total. The van der Waals surface area contributed by atoms with E-state index in [1.54, 1.807) is 13.0 Å². The van der Waals surface area contributed by atoms with E-state index in [2.05, 4.69) is 13.8 Å². The number of hydrogen-bond donors (Lipinski definition) is 1. The Morgan fingerprint density at radius 2 is 2.28 bits per heavy atom. The van der Waals surface area contributed by atoms with Crippen LogP contribution in [0.5, 0.6) is 0 Å². The van der Waals surface area contributed by atoms with Gasteiger partial charge in [-0.05, 0) is 43.6 Å². The van der Waals surface area contributed by atoms with Crippen molar-refractivity contribution in [2.24, 2.45) is 16.7 Å². The fourth-order valence-corrected chi connectivity index (χ4v) is 4.51. The molecule has 2 bridgehead atoms. The van der Waals surface area contributed by atoms with Gasteiger partial charge in [0.1, 0.15) is 6.61 Å².